The summed E-state index contributed by atoms with van der Waals surface area (Å²) < 4.78 is 1.94. The van der Waals surface area contributed by atoms with Gasteiger partial charge in [-0.1, -0.05) is 6.07 Å². The SMILES string of the molecule is Cc1nc2ccc(CCC(=O)N3CC[C@H](O)[C@@H](n4ccnc4)CC3)cc2[nH]1. The van der Waals surface area contributed by atoms with Crippen molar-refractivity contribution >= 4 is 16.9 Å². The Bertz CT molecular complexity index is 918. The number of aromatic amines is 1. The van der Waals surface area contributed by atoms with Crippen molar-refractivity contribution in [3.05, 3.63) is 48.3 Å². The van der Waals surface area contributed by atoms with E-state index >= 15 is 0 Å². The van der Waals surface area contributed by atoms with Crippen molar-refractivity contribution < 1.29 is 9.90 Å². The molecule has 1 aliphatic rings. The Labute approximate surface area is 158 Å². The van der Waals surface area contributed by atoms with E-state index in [4.69, 9.17) is 0 Å². The smallest absolute Gasteiger partial charge is 0.222 e. The number of amides is 1. The Morgan fingerprint density at radius 3 is 3.00 bits per heavy atom. The molecule has 1 aliphatic heterocycles. The molecule has 142 valence electrons. The Balaban J connectivity index is 1.36. The maximum absolute atomic E-state index is 12.7. The molecule has 2 N–H and O–H groups in total. The van der Waals surface area contributed by atoms with E-state index in [1.54, 1.807) is 12.5 Å². The van der Waals surface area contributed by atoms with Crippen LogP contribution in [0, 0.1) is 6.92 Å². The fourth-order valence-electron chi connectivity index (χ4n) is 3.88. The number of aliphatic hydroxyl groups excluding tert-OH is 1. The van der Waals surface area contributed by atoms with E-state index in [1.807, 2.05) is 34.7 Å². The summed E-state index contributed by atoms with van der Waals surface area (Å²) in [6.45, 7) is 3.20. The summed E-state index contributed by atoms with van der Waals surface area (Å²) in [7, 11) is 0. The average Bonchev–Trinajstić information content (AvgIpc) is 3.26. The van der Waals surface area contributed by atoms with Gasteiger partial charge >= 0.3 is 0 Å². The van der Waals surface area contributed by atoms with Crippen molar-refractivity contribution in [3.8, 4) is 0 Å². The lowest BCUT2D eigenvalue weighted by atomic mass is 10.1. The third-order valence-corrected chi connectivity index (χ3v) is 5.39. The van der Waals surface area contributed by atoms with Crippen LogP contribution in [0.25, 0.3) is 11.0 Å². The Kier molecular flexibility index (Phi) is 4.94. The molecule has 7 heteroatoms. The first-order valence-electron chi connectivity index (χ1n) is 9.48. The van der Waals surface area contributed by atoms with E-state index in [-0.39, 0.29) is 11.9 Å². The quantitative estimate of drug-likeness (QED) is 0.740. The number of benzene rings is 1. The van der Waals surface area contributed by atoms with Crippen molar-refractivity contribution in [2.75, 3.05) is 13.1 Å². The van der Waals surface area contributed by atoms with Crippen LogP contribution in [0.15, 0.2) is 36.9 Å². The van der Waals surface area contributed by atoms with Gasteiger partial charge in [0.2, 0.25) is 5.91 Å². The summed E-state index contributed by atoms with van der Waals surface area (Å²) in [5.74, 6) is 1.04. The van der Waals surface area contributed by atoms with Gasteiger partial charge < -0.3 is 19.6 Å². The molecule has 0 unspecified atom stereocenters. The van der Waals surface area contributed by atoms with Crippen LogP contribution in [0.3, 0.4) is 0 Å². The molecule has 1 saturated heterocycles. The van der Waals surface area contributed by atoms with Crippen LogP contribution >= 0.6 is 0 Å². The van der Waals surface area contributed by atoms with Gasteiger partial charge in [0.1, 0.15) is 5.82 Å². The van der Waals surface area contributed by atoms with Gasteiger partial charge in [-0.15, -0.1) is 0 Å². The highest BCUT2D eigenvalue weighted by Crippen LogP contribution is 2.23. The Morgan fingerprint density at radius 1 is 1.33 bits per heavy atom. The number of likely N-dealkylation sites (tertiary alicyclic amines) is 1. The minimum absolute atomic E-state index is 0.0173. The second-order valence-electron chi connectivity index (χ2n) is 7.28. The third kappa shape index (κ3) is 3.88. The van der Waals surface area contributed by atoms with Crippen molar-refractivity contribution in [1.29, 1.82) is 0 Å². The van der Waals surface area contributed by atoms with Crippen molar-refractivity contribution in [2.45, 2.75) is 44.8 Å². The number of nitrogens with one attached hydrogen (secondary N) is 1. The fourth-order valence-corrected chi connectivity index (χ4v) is 3.88. The molecule has 4 rings (SSSR count). The zero-order valence-electron chi connectivity index (χ0n) is 15.5. The molecule has 1 fully saturated rings. The number of rotatable bonds is 4. The molecule has 3 aromatic rings. The summed E-state index contributed by atoms with van der Waals surface area (Å²) in [6.07, 6.45) is 7.39. The summed E-state index contributed by atoms with van der Waals surface area (Å²) in [4.78, 5) is 26.3. The highest BCUT2D eigenvalue weighted by molar-refractivity contribution is 5.78. The second kappa shape index (κ2) is 7.52. The van der Waals surface area contributed by atoms with Crippen LogP contribution in [-0.2, 0) is 11.2 Å². The molecule has 0 spiro atoms. The lowest BCUT2D eigenvalue weighted by molar-refractivity contribution is -0.131. The third-order valence-electron chi connectivity index (χ3n) is 5.39. The molecule has 0 radical (unpaired) electrons. The van der Waals surface area contributed by atoms with Gasteiger partial charge in [-0.2, -0.15) is 0 Å². The Hall–Kier alpha value is -2.67. The van der Waals surface area contributed by atoms with E-state index in [0.29, 0.717) is 32.4 Å². The highest BCUT2D eigenvalue weighted by Gasteiger charge is 2.27. The van der Waals surface area contributed by atoms with Crippen molar-refractivity contribution in [1.82, 2.24) is 24.4 Å². The number of carbonyl (C=O) groups is 1. The molecule has 0 bridgehead atoms. The molecule has 7 nitrogen and oxygen atoms in total. The molecule has 0 saturated carbocycles. The molecular weight excluding hydrogens is 342 g/mol. The number of hydrogen-bond donors (Lipinski definition) is 2. The number of fused-ring (bicyclic) bond motifs is 1. The van der Waals surface area contributed by atoms with Gasteiger partial charge in [0.15, 0.2) is 0 Å². The van der Waals surface area contributed by atoms with Gasteiger partial charge in [0, 0.05) is 31.9 Å². The number of hydrogen-bond acceptors (Lipinski definition) is 4. The number of nitrogens with zero attached hydrogens (tertiary/aromatic N) is 4. The van der Waals surface area contributed by atoms with E-state index in [0.717, 1.165) is 28.8 Å². The molecule has 2 atom stereocenters. The first kappa shape index (κ1) is 17.7. The van der Waals surface area contributed by atoms with Gasteiger partial charge in [0.25, 0.3) is 0 Å². The van der Waals surface area contributed by atoms with Crippen molar-refractivity contribution in [2.24, 2.45) is 0 Å². The summed E-state index contributed by atoms with van der Waals surface area (Å²) in [6, 6.07) is 6.09. The van der Waals surface area contributed by atoms with E-state index in [1.165, 1.54) is 0 Å². The number of imidazole rings is 2. The average molecular weight is 367 g/mol. The van der Waals surface area contributed by atoms with E-state index in [2.05, 4.69) is 21.0 Å². The van der Waals surface area contributed by atoms with E-state index < -0.39 is 6.10 Å². The molecule has 2 aromatic heterocycles. The largest absolute Gasteiger partial charge is 0.391 e. The topological polar surface area (TPSA) is 87.0 Å². The maximum atomic E-state index is 12.7. The van der Waals surface area contributed by atoms with Gasteiger partial charge in [-0.05, 0) is 43.9 Å². The monoisotopic (exact) mass is 367 g/mol. The first-order valence-corrected chi connectivity index (χ1v) is 9.48. The maximum Gasteiger partial charge on any atom is 0.222 e. The zero-order valence-corrected chi connectivity index (χ0v) is 15.5. The summed E-state index contributed by atoms with van der Waals surface area (Å²) >= 11 is 0. The number of aliphatic hydroxyl groups is 1. The van der Waals surface area contributed by atoms with Crippen LogP contribution in [0.5, 0.6) is 0 Å². The predicted molar refractivity (Wildman–Crippen MR) is 102 cm³/mol. The van der Waals surface area contributed by atoms with Gasteiger partial charge in [-0.25, -0.2) is 9.97 Å². The van der Waals surface area contributed by atoms with Crippen LogP contribution in [0.1, 0.15) is 36.7 Å². The van der Waals surface area contributed by atoms with Crippen LogP contribution < -0.4 is 0 Å². The molecule has 3 heterocycles. The van der Waals surface area contributed by atoms with Crippen LogP contribution in [0.4, 0.5) is 0 Å². The summed E-state index contributed by atoms with van der Waals surface area (Å²) in [5, 5.41) is 10.4. The lowest BCUT2D eigenvalue weighted by Crippen LogP contribution is -2.32. The highest BCUT2D eigenvalue weighted by atomic mass is 16.3. The van der Waals surface area contributed by atoms with E-state index in [9.17, 15) is 9.90 Å². The molecule has 1 aromatic carbocycles. The normalized spacial score (nSPS) is 20.7. The Morgan fingerprint density at radius 2 is 2.19 bits per heavy atom. The van der Waals surface area contributed by atoms with Crippen LogP contribution in [0.2, 0.25) is 0 Å². The predicted octanol–water partition coefficient (Wildman–Crippen LogP) is 2.23. The second-order valence-corrected chi connectivity index (χ2v) is 7.28. The number of aromatic nitrogens is 4. The lowest BCUT2D eigenvalue weighted by Gasteiger charge is -2.21. The molecular formula is C20H25N5O2. The first-order chi connectivity index (χ1) is 13.1. The number of carbonyl (C=O) groups excluding carboxylic acids is 1. The number of H-pyrrole nitrogens is 1. The fraction of sp³-hybridized carbons (Fsp3) is 0.450. The summed E-state index contributed by atoms with van der Waals surface area (Å²) in [5.41, 5.74) is 3.10. The molecule has 0 aliphatic carbocycles. The van der Waals surface area contributed by atoms with Gasteiger partial charge in [0.05, 0.1) is 29.5 Å². The minimum Gasteiger partial charge on any atom is -0.391 e. The minimum atomic E-state index is -0.456. The van der Waals surface area contributed by atoms with Gasteiger partial charge in [-0.3, -0.25) is 4.79 Å². The zero-order chi connectivity index (χ0) is 18.8. The van der Waals surface area contributed by atoms with Crippen molar-refractivity contribution in [3.63, 3.8) is 0 Å². The number of aryl methyl sites for hydroxylation is 2. The molecule has 1 amide bonds. The standard InChI is InChI=1S/C20H25N5O2/c1-14-22-16-4-2-15(12-17(16)23-14)3-5-20(27)24-9-6-18(19(26)7-10-24)25-11-8-21-13-25/h2,4,8,11-13,18-19,26H,3,5-7,9-10H2,1H3,(H,22,23)/t18-,19-/m0/s1. The molecule has 27 heavy (non-hydrogen) atoms. The van der Waals surface area contributed by atoms with Crippen LogP contribution in [-0.4, -0.2) is 54.6 Å².